The molecule has 162 valence electrons. The van der Waals surface area contributed by atoms with Gasteiger partial charge in [0.2, 0.25) is 0 Å². The van der Waals surface area contributed by atoms with Gasteiger partial charge < -0.3 is 10.6 Å². The van der Waals surface area contributed by atoms with Crippen LogP contribution < -0.4 is 10.6 Å². The summed E-state index contributed by atoms with van der Waals surface area (Å²) in [4.78, 5) is 7.03. The van der Waals surface area contributed by atoms with Gasteiger partial charge in [0.1, 0.15) is 0 Å². The van der Waals surface area contributed by atoms with Crippen molar-refractivity contribution in [3.8, 4) is 0 Å². The van der Waals surface area contributed by atoms with Crippen LogP contribution in [0.2, 0.25) is 0 Å². The van der Waals surface area contributed by atoms with Crippen LogP contribution in [0, 0.1) is 0 Å². The number of nitrogens with zero attached hydrogens (tertiary/aromatic N) is 2. The summed E-state index contributed by atoms with van der Waals surface area (Å²) in [6, 6.07) is 11.0. The van der Waals surface area contributed by atoms with Gasteiger partial charge in [-0.1, -0.05) is 30.3 Å². The molecule has 0 aliphatic rings. The zero-order valence-corrected chi connectivity index (χ0v) is 21.5. The monoisotopic (exact) mass is 522 g/mol. The normalized spacial score (nSPS) is 14.3. The maximum absolute atomic E-state index is 12.1. The van der Waals surface area contributed by atoms with Crippen LogP contribution in [-0.4, -0.2) is 58.3 Å². The van der Waals surface area contributed by atoms with E-state index in [4.69, 9.17) is 0 Å². The molecule has 2 unspecified atom stereocenters. The Labute approximate surface area is 191 Å². The van der Waals surface area contributed by atoms with Crippen LogP contribution in [0.1, 0.15) is 46.6 Å². The third kappa shape index (κ3) is 11.4. The summed E-state index contributed by atoms with van der Waals surface area (Å²) in [5.41, 5.74) is 1.33. The van der Waals surface area contributed by atoms with Gasteiger partial charge in [0, 0.05) is 53.5 Å². The first-order valence-corrected chi connectivity index (χ1v) is 11.2. The molecule has 0 fully saturated rings. The van der Waals surface area contributed by atoms with Gasteiger partial charge in [0.15, 0.2) is 5.96 Å². The molecule has 2 N–H and O–H groups in total. The smallest absolute Gasteiger partial charge is 0.191 e. The molecule has 0 spiro atoms. The third-order valence-electron chi connectivity index (χ3n) is 4.45. The first-order valence-electron chi connectivity index (χ1n) is 9.88. The van der Waals surface area contributed by atoms with Crippen molar-refractivity contribution in [3.63, 3.8) is 0 Å². The van der Waals surface area contributed by atoms with Crippen molar-refractivity contribution in [2.75, 3.05) is 32.4 Å². The van der Waals surface area contributed by atoms with Crippen molar-refractivity contribution in [3.05, 3.63) is 35.9 Å². The molecule has 0 amide bonds. The highest BCUT2D eigenvalue weighted by molar-refractivity contribution is 14.0. The highest BCUT2D eigenvalue weighted by Crippen LogP contribution is 2.10. The molecule has 0 saturated heterocycles. The number of guanidine groups is 1. The lowest BCUT2D eigenvalue weighted by Crippen LogP contribution is -2.40. The molecule has 0 aromatic heterocycles. The average molecular weight is 523 g/mol. The zero-order chi connectivity index (χ0) is 20.3. The van der Waals surface area contributed by atoms with Crippen LogP contribution in [0.4, 0.5) is 0 Å². The maximum Gasteiger partial charge on any atom is 0.191 e. The minimum atomic E-state index is -0.848. The second-order valence-electron chi connectivity index (χ2n) is 7.89. The Morgan fingerprint density at radius 1 is 1.21 bits per heavy atom. The lowest BCUT2D eigenvalue weighted by molar-refractivity contribution is 0.240. The number of aliphatic imine (C=N–C) groups is 1. The fraction of sp³-hybridized carbons (Fsp3) is 0.667. The highest BCUT2D eigenvalue weighted by Gasteiger charge is 2.18. The Hall–Kier alpha value is -0.670. The second-order valence-corrected chi connectivity index (χ2v) is 10.2. The molecule has 0 bridgehead atoms. The quantitative estimate of drug-likeness (QED) is 0.280. The molecule has 7 heteroatoms. The molecule has 1 rings (SSSR count). The first kappa shape index (κ1) is 27.3. The van der Waals surface area contributed by atoms with Crippen LogP contribution in [-0.2, 0) is 17.3 Å². The van der Waals surface area contributed by atoms with E-state index in [9.17, 15) is 4.21 Å². The summed E-state index contributed by atoms with van der Waals surface area (Å²) in [7, 11) is 1.31. The largest absolute Gasteiger partial charge is 0.357 e. The van der Waals surface area contributed by atoms with Crippen LogP contribution in [0.3, 0.4) is 0 Å². The predicted molar refractivity (Wildman–Crippen MR) is 134 cm³/mol. The minimum absolute atomic E-state index is 0. The van der Waals surface area contributed by atoms with E-state index in [0.717, 1.165) is 32.0 Å². The summed E-state index contributed by atoms with van der Waals surface area (Å²) in [6.45, 7) is 13.5. The Morgan fingerprint density at radius 2 is 1.86 bits per heavy atom. The van der Waals surface area contributed by atoms with Crippen LogP contribution in [0.15, 0.2) is 35.3 Å². The van der Waals surface area contributed by atoms with E-state index in [-0.39, 0.29) is 28.7 Å². The van der Waals surface area contributed by atoms with Gasteiger partial charge in [0.25, 0.3) is 0 Å². The number of rotatable bonds is 10. The van der Waals surface area contributed by atoms with Crippen molar-refractivity contribution in [1.82, 2.24) is 15.5 Å². The topological polar surface area (TPSA) is 56.7 Å². The lowest BCUT2D eigenvalue weighted by atomic mass is 10.1. The van der Waals surface area contributed by atoms with Crippen LogP contribution in [0.5, 0.6) is 0 Å². The van der Waals surface area contributed by atoms with E-state index in [1.54, 1.807) is 0 Å². The van der Waals surface area contributed by atoms with Crippen molar-refractivity contribution in [2.45, 2.75) is 58.4 Å². The SMILES string of the molecule is CCNC(=NCCC(C)N(C)Cc1ccccc1)NCCS(=O)C(C)(C)C.I. The summed E-state index contributed by atoms with van der Waals surface area (Å²) in [6.07, 6.45) is 0.994. The molecule has 0 radical (unpaired) electrons. The van der Waals surface area contributed by atoms with Gasteiger partial charge >= 0.3 is 0 Å². The molecule has 0 aliphatic carbocycles. The Kier molecular flexibility index (Phi) is 14.0. The molecule has 0 saturated carbocycles. The van der Waals surface area contributed by atoms with Gasteiger partial charge in [-0.15, -0.1) is 24.0 Å². The Balaban J connectivity index is 0.00000729. The molecule has 2 atom stereocenters. The van der Waals surface area contributed by atoms with Gasteiger partial charge in [-0.05, 0) is 53.7 Å². The van der Waals surface area contributed by atoms with Crippen molar-refractivity contribution in [1.29, 1.82) is 0 Å². The fourth-order valence-corrected chi connectivity index (χ4v) is 3.42. The summed E-state index contributed by atoms with van der Waals surface area (Å²) in [5, 5.41) is 6.56. The zero-order valence-electron chi connectivity index (χ0n) is 18.3. The van der Waals surface area contributed by atoms with E-state index >= 15 is 0 Å². The molecule has 1 aromatic rings. The average Bonchev–Trinajstić information content (AvgIpc) is 2.61. The maximum atomic E-state index is 12.1. The Bertz CT molecular complexity index is 590. The van der Waals surface area contributed by atoms with Crippen molar-refractivity contribution in [2.24, 2.45) is 4.99 Å². The molecule has 0 heterocycles. The van der Waals surface area contributed by atoms with Gasteiger partial charge in [-0.25, -0.2) is 0 Å². The summed E-state index contributed by atoms with van der Waals surface area (Å²) < 4.78 is 12.0. The van der Waals surface area contributed by atoms with Gasteiger partial charge in [-0.2, -0.15) is 0 Å². The molecule has 28 heavy (non-hydrogen) atoms. The fourth-order valence-electron chi connectivity index (χ4n) is 2.52. The molecule has 1 aromatic carbocycles. The van der Waals surface area contributed by atoms with Crippen molar-refractivity contribution < 1.29 is 4.21 Å². The third-order valence-corrected chi connectivity index (χ3v) is 6.39. The summed E-state index contributed by atoms with van der Waals surface area (Å²) >= 11 is 0. The molecular weight excluding hydrogens is 483 g/mol. The standard InChI is InChI=1S/C21H38N4OS.HI/c1-7-22-20(24-15-16-27(26)21(3,4)5)23-14-13-18(2)25(6)17-19-11-9-8-10-12-19;/h8-12,18H,7,13-17H2,1-6H3,(H2,22,23,24);1H. The summed E-state index contributed by atoms with van der Waals surface area (Å²) in [5.74, 6) is 1.44. The van der Waals surface area contributed by atoms with E-state index in [0.29, 0.717) is 18.3 Å². The van der Waals surface area contributed by atoms with Gasteiger partial charge in [-0.3, -0.25) is 14.1 Å². The molecule has 0 aliphatic heterocycles. The predicted octanol–water partition coefficient (Wildman–Crippen LogP) is 3.62. The van der Waals surface area contributed by atoms with Crippen molar-refractivity contribution >= 4 is 40.7 Å². The molecule has 5 nitrogen and oxygen atoms in total. The van der Waals surface area contributed by atoms with E-state index in [1.165, 1.54) is 5.56 Å². The number of hydrogen-bond acceptors (Lipinski definition) is 3. The van der Waals surface area contributed by atoms with Crippen LogP contribution in [0.25, 0.3) is 0 Å². The number of halogens is 1. The molecular formula is C21H39IN4OS. The number of hydrogen-bond donors (Lipinski definition) is 2. The lowest BCUT2D eigenvalue weighted by Gasteiger charge is -2.24. The highest BCUT2D eigenvalue weighted by atomic mass is 127. The minimum Gasteiger partial charge on any atom is -0.357 e. The second kappa shape index (κ2) is 14.3. The number of nitrogens with one attached hydrogen (secondary N) is 2. The van der Waals surface area contributed by atoms with E-state index in [1.807, 2.05) is 26.8 Å². The van der Waals surface area contributed by atoms with Gasteiger partial charge in [0.05, 0.1) is 0 Å². The first-order chi connectivity index (χ1) is 12.7. The van der Waals surface area contributed by atoms with Crippen LogP contribution >= 0.6 is 24.0 Å². The Morgan fingerprint density at radius 3 is 2.43 bits per heavy atom. The number of benzene rings is 1. The van der Waals surface area contributed by atoms with E-state index in [2.05, 4.69) is 65.7 Å². The van der Waals surface area contributed by atoms with E-state index < -0.39 is 10.8 Å².